The summed E-state index contributed by atoms with van der Waals surface area (Å²) in [6, 6.07) is 4.40. The third-order valence-electron chi connectivity index (χ3n) is 3.30. The van der Waals surface area contributed by atoms with Crippen LogP contribution in [0.5, 0.6) is 5.75 Å². The molecule has 0 aromatic heterocycles. The van der Waals surface area contributed by atoms with E-state index >= 15 is 0 Å². The van der Waals surface area contributed by atoms with Crippen LogP contribution in [0.25, 0.3) is 0 Å². The quantitative estimate of drug-likeness (QED) is 0.837. The van der Waals surface area contributed by atoms with E-state index in [1.54, 1.807) is 7.11 Å². The lowest BCUT2D eigenvalue weighted by atomic mass is 9.93. The van der Waals surface area contributed by atoms with E-state index in [0.717, 1.165) is 46.1 Å². The number of nitrogens with one attached hydrogen (secondary N) is 1. The molecule has 0 radical (unpaired) electrons. The fourth-order valence-corrected chi connectivity index (χ4v) is 3.51. The highest BCUT2D eigenvalue weighted by molar-refractivity contribution is 9.11. The molecular formula is C13H17Br2NO2. The number of rotatable bonds is 3. The number of methoxy groups -OCH3 is 1. The Morgan fingerprint density at radius 1 is 1.17 bits per heavy atom. The average molecular weight is 379 g/mol. The molecule has 0 spiro atoms. The van der Waals surface area contributed by atoms with Gasteiger partial charge in [0.05, 0.1) is 23.4 Å². The zero-order valence-electron chi connectivity index (χ0n) is 10.2. The third kappa shape index (κ3) is 3.39. The van der Waals surface area contributed by atoms with Crippen LogP contribution in [-0.4, -0.2) is 24.4 Å². The lowest BCUT2D eigenvalue weighted by Crippen LogP contribution is -2.28. The van der Waals surface area contributed by atoms with Crippen LogP contribution in [0.1, 0.15) is 25.7 Å². The van der Waals surface area contributed by atoms with Gasteiger partial charge in [0.2, 0.25) is 0 Å². The van der Waals surface area contributed by atoms with Crippen LogP contribution in [0.15, 0.2) is 21.1 Å². The number of benzene rings is 1. The number of halogens is 2. The van der Waals surface area contributed by atoms with E-state index in [4.69, 9.17) is 4.74 Å². The van der Waals surface area contributed by atoms with Crippen molar-refractivity contribution >= 4 is 37.5 Å². The van der Waals surface area contributed by atoms with Crippen LogP contribution < -0.4 is 10.1 Å². The molecule has 18 heavy (non-hydrogen) atoms. The maximum absolute atomic E-state index is 9.50. The van der Waals surface area contributed by atoms with E-state index in [1.165, 1.54) is 0 Å². The highest BCUT2D eigenvalue weighted by Crippen LogP contribution is 2.35. The predicted octanol–water partition coefficient (Wildman–Crippen LogP) is 3.94. The number of hydrogen-bond donors (Lipinski definition) is 2. The third-order valence-corrected chi connectivity index (χ3v) is 4.57. The van der Waals surface area contributed by atoms with Gasteiger partial charge in [0.15, 0.2) is 0 Å². The van der Waals surface area contributed by atoms with Gasteiger partial charge >= 0.3 is 0 Å². The predicted molar refractivity (Wildman–Crippen MR) is 80.3 cm³/mol. The number of ether oxygens (including phenoxy) is 1. The minimum absolute atomic E-state index is 0.119. The highest BCUT2D eigenvalue weighted by Gasteiger charge is 2.20. The maximum Gasteiger partial charge on any atom is 0.135 e. The molecule has 1 aromatic rings. The van der Waals surface area contributed by atoms with Gasteiger partial charge in [-0.15, -0.1) is 0 Å². The van der Waals surface area contributed by atoms with Crippen LogP contribution in [0.3, 0.4) is 0 Å². The van der Waals surface area contributed by atoms with E-state index in [1.807, 2.05) is 12.1 Å². The molecule has 5 heteroatoms. The van der Waals surface area contributed by atoms with Crippen LogP contribution >= 0.6 is 31.9 Å². The van der Waals surface area contributed by atoms with Gasteiger partial charge in [-0.25, -0.2) is 0 Å². The second-order valence-corrected chi connectivity index (χ2v) is 6.33. The molecule has 1 aliphatic carbocycles. The summed E-state index contributed by atoms with van der Waals surface area (Å²) in [4.78, 5) is 0. The van der Waals surface area contributed by atoms with Crippen molar-refractivity contribution in [3.05, 3.63) is 21.1 Å². The van der Waals surface area contributed by atoms with E-state index < -0.39 is 0 Å². The number of hydrogen-bond acceptors (Lipinski definition) is 3. The van der Waals surface area contributed by atoms with Crippen molar-refractivity contribution in [3.8, 4) is 5.75 Å². The summed E-state index contributed by atoms with van der Waals surface area (Å²) >= 11 is 7.01. The molecule has 0 heterocycles. The first-order valence-corrected chi connectivity index (χ1v) is 7.66. The van der Waals surface area contributed by atoms with Gasteiger partial charge in [0.25, 0.3) is 0 Å². The lowest BCUT2D eigenvalue weighted by molar-refractivity contribution is 0.126. The van der Waals surface area contributed by atoms with Crippen molar-refractivity contribution in [2.45, 2.75) is 37.8 Å². The first-order chi connectivity index (χ1) is 8.60. The van der Waals surface area contributed by atoms with E-state index in [-0.39, 0.29) is 6.10 Å². The smallest absolute Gasteiger partial charge is 0.135 e. The van der Waals surface area contributed by atoms with Gasteiger partial charge in [0.1, 0.15) is 5.75 Å². The fraction of sp³-hybridized carbons (Fsp3) is 0.538. The lowest BCUT2D eigenvalue weighted by Gasteiger charge is -2.27. The molecule has 1 fully saturated rings. The average Bonchev–Trinajstić information content (AvgIpc) is 2.35. The van der Waals surface area contributed by atoms with Crippen LogP contribution in [0.4, 0.5) is 5.69 Å². The Morgan fingerprint density at radius 2 is 1.83 bits per heavy atom. The van der Waals surface area contributed by atoms with Crippen molar-refractivity contribution in [2.75, 3.05) is 12.4 Å². The minimum atomic E-state index is -0.119. The van der Waals surface area contributed by atoms with E-state index in [2.05, 4.69) is 37.2 Å². The molecule has 0 aliphatic heterocycles. The molecule has 1 aromatic carbocycles. The first kappa shape index (κ1) is 14.2. The summed E-state index contributed by atoms with van der Waals surface area (Å²) < 4.78 is 7.25. The summed E-state index contributed by atoms with van der Waals surface area (Å²) in [6.07, 6.45) is 3.65. The zero-order valence-corrected chi connectivity index (χ0v) is 13.4. The minimum Gasteiger partial charge on any atom is -0.495 e. The van der Waals surface area contributed by atoms with Crippen molar-refractivity contribution in [3.63, 3.8) is 0 Å². The molecule has 0 amide bonds. The zero-order chi connectivity index (χ0) is 13.1. The maximum atomic E-state index is 9.50. The summed E-state index contributed by atoms with van der Waals surface area (Å²) in [5.41, 5.74) is 1.04. The number of aliphatic hydroxyl groups excluding tert-OH is 1. The molecule has 1 saturated carbocycles. The van der Waals surface area contributed by atoms with Crippen molar-refractivity contribution in [1.29, 1.82) is 0 Å². The summed E-state index contributed by atoms with van der Waals surface area (Å²) in [7, 11) is 1.66. The second-order valence-electron chi connectivity index (χ2n) is 4.62. The molecule has 0 unspecified atom stereocenters. The van der Waals surface area contributed by atoms with Crippen molar-refractivity contribution in [2.24, 2.45) is 0 Å². The van der Waals surface area contributed by atoms with Gasteiger partial charge in [-0.05, 0) is 63.6 Å². The number of anilines is 1. The Kier molecular flexibility index (Phi) is 4.92. The Labute approximate surface area is 124 Å². The Balaban J connectivity index is 2.09. The topological polar surface area (TPSA) is 41.5 Å². The molecule has 0 saturated heterocycles. The Morgan fingerprint density at radius 3 is 2.44 bits per heavy atom. The SMILES string of the molecule is COc1cc(NC2CCC(O)CC2)c(Br)cc1Br. The standard InChI is InChI=1S/C13H17Br2NO2/c1-18-13-7-12(10(14)6-11(13)15)16-8-2-4-9(17)5-3-8/h6-9,16-17H,2-5H2,1H3. The second kappa shape index (κ2) is 6.26. The Bertz CT molecular complexity index is 418. The highest BCUT2D eigenvalue weighted by atomic mass is 79.9. The van der Waals surface area contributed by atoms with Gasteiger partial charge < -0.3 is 15.2 Å². The largest absolute Gasteiger partial charge is 0.495 e. The number of aliphatic hydroxyl groups is 1. The molecule has 2 N–H and O–H groups in total. The van der Waals surface area contributed by atoms with Gasteiger partial charge in [0, 0.05) is 16.6 Å². The molecule has 2 rings (SSSR count). The summed E-state index contributed by atoms with van der Waals surface area (Å²) in [5, 5.41) is 13.0. The molecule has 0 atom stereocenters. The van der Waals surface area contributed by atoms with E-state index in [0.29, 0.717) is 6.04 Å². The van der Waals surface area contributed by atoms with Crippen LogP contribution in [0, 0.1) is 0 Å². The molecule has 0 bridgehead atoms. The Hall–Kier alpha value is -0.260. The first-order valence-electron chi connectivity index (χ1n) is 6.07. The van der Waals surface area contributed by atoms with Gasteiger partial charge in [-0.2, -0.15) is 0 Å². The molecule has 1 aliphatic rings. The van der Waals surface area contributed by atoms with Crippen molar-refractivity contribution in [1.82, 2.24) is 0 Å². The summed E-state index contributed by atoms with van der Waals surface area (Å²) in [6.45, 7) is 0. The van der Waals surface area contributed by atoms with Crippen molar-refractivity contribution < 1.29 is 9.84 Å². The van der Waals surface area contributed by atoms with Crippen LogP contribution in [-0.2, 0) is 0 Å². The van der Waals surface area contributed by atoms with Gasteiger partial charge in [-0.3, -0.25) is 0 Å². The fourth-order valence-electron chi connectivity index (χ4n) is 2.24. The normalized spacial score (nSPS) is 23.8. The molecule has 100 valence electrons. The van der Waals surface area contributed by atoms with E-state index in [9.17, 15) is 5.11 Å². The molecule has 3 nitrogen and oxygen atoms in total. The molecular weight excluding hydrogens is 362 g/mol. The van der Waals surface area contributed by atoms with Gasteiger partial charge in [-0.1, -0.05) is 0 Å². The summed E-state index contributed by atoms with van der Waals surface area (Å²) in [5.74, 6) is 0.816. The monoisotopic (exact) mass is 377 g/mol. The van der Waals surface area contributed by atoms with Crippen LogP contribution in [0.2, 0.25) is 0 Å².